The molecule has 0 saturated carbocycles. The van der Waals surface area contributed by atoms with Crippen LogP contribution in [0.25, 0.3) is 11.0 Å². The molecule has 1 aromatic heterocycles. The zero-order chi connectivity index (χ0) is 21.4. The van der Waals surface area contributed by atoms with Gasteiger partial charge in [0.25, 0.3) is 5.91 Å². The maximum atomic E-state index is 13.4. The van der Waals surface area contributed by atoms with Crippen molar-refractivity contribution in [2.45, 2.75) is 0 Å². The molecule has 0 unspecified atom stereocenters. The van der Waals surface area contributed by atoms with Crippen molar-refractivity contribution in [3.8, 4) is 0 Å². The number of fused-ring (bicyclic) bond motifs is 1. The SMILES string of the molecule is Bc1ccc(NC(=O)c2ccc3c(c2)nc(Nc2c(Cl)cc(F)cc2Cl)n3C)cc1. The van der Waals surface area contributed by atoms with Crippen LogP contribution in [-0.4, -0.2) is 23.3 Å². The summed E-state index contributed by atoms with van der Waals surface area (Å²) in [5.74, 6) is -0.299. The van der Waals surface area contributed by atoms with Gasteiger partial charge in [-0.15, -0.1) is 0 Å². The van der Waals surface area contributed by atoms with Crippen LogP contribution in [0.2, 0.25) is 10.0 Å². The molecule has 4 rings (SSSR count). The van der Waals surface area contributed by atoms with Gasteiger partial charge < -0.3 is 15.2 Å². The van der Waals surface area contributed by atoms with Crippen molar-refractivity contribution in [2.75, 3.05) is 10.6 Å². The van der Waals surface area contributed by atoms with Gasteiger partial charge in [0.15, 0.2) is 0 Å². The minimum Gasteiger partial charge on any atom is -0.323 e. The van der Waals surface area contributed by atoms with E-state index in [1.54, 1.807) is 16.7 Å². The second-order valence-electron chi connectivity index (χ2n) is 6.89. The standard InChI is InChI=1S/C21H16BCl2FN4O/c1-29-18-7-2-11(20(30)26-14-5-3-12(22)4-6-14)8-17(18)27-21(29)28-19-15(23)9-13(25)10-16(19)24/h2-10H,22H2,1H3,(H,26,30)(H,27,28). The number of anilines is 3. The van der Waals surface area contributed by atoms with Gasteiger partial charge in [-0.2, -0.15) is 0 Å². The lowest BCUT2D eigenvalue weighted by atomic mass is 9.96. The van der Waals surface area contributed by atoms with E-state index in [0.717, 1.165) is 16.7 Å². The summed E-state index contributed by atoms with van der Waals surface area (Å²) in [6, 6.07) is 15.2. The Hall–Kier alpha value is -3.03. The minimum absolute atomic E-state index is 0.144. The quantitative estimate of drug-likeness (QED) is 0.466. The molecule has 0 radical (unpaired) electrons. The second kappa shape index (κ2) is 8.01. The van der Waals surface area contributed by atoms with Gasteiger partial charge in [0.1, 0.15) is 13.7 Å². The number of rotatable bonds is 4. The molecule has 5 nitrogen and oxygen atoms in total. The molecule has 1 heterocycles. The first-order chi connectivity index (χ1) is 14.3. The molecule has 0 saturated heterocycles. The molecule has 0 bridgehead atoms. The first-order valence-corrected chi connectivity index (χ1v) is 9.83. The van der Waals surface area contributed by atoms with E-state index in [1.165, 1.54) is 12.1 Å². The average Bonchev–Trinajstić information content (AvgIpc) is 3.01. The molecular weight excluding hydrogens is 425 g/mol. The van der Waals surface area contributed by atoms with Crippen LogP contribution in [0.15, 0.2) is 54.6 Å². The molecule has 0 aliphatic carbocycles. The maximum absolute atomic E-state index is 13.4. The number of aromatic nitrogens is 2. The van der Waals surface area contributed by atoms with Crippen LogP contribution in [-0.2, 0) is 7.05 Å². The summed E-state index contributed by atoms with van der Waals surface area (Å²) in [6.07, 6.45) is 0. The van der Waals surface area contributed by atoms with Crippen LogP contribution >= 0.6 is 23.2 Å². The summed E-state index contributed by atoms with van der Waals surface area (Å²) in [5, 5.41) is 6.20. The fraction of sp³-hybridized carbons (Fsp3) is 0.0476. The Balaban J connectivity index is 1.63. The number of amides is 1. The Bertz CT molecular complexity index is 1250. The van der Waals surface area contributed by atoms with Crippen LogP contribution in [0, 0.1) is 5.82 Å². The van der Waals surface area contributed by atoms with Crippen LogP contribution < -0.4 is 16.1 Å². The monoisotopic (exact) mass is 440 g/mol. The zero-order valence-corrected chi connectivity index (χ0v) is 17.6. The first kappa shape index (κ1) is 20.3. The molecule has 1 amide bonds. The van der Waals surface area contributed by atoms with Gasteiger partial charge in [0.05, 0.1) is 26.8 Å². The number of hydrogen-bond donors (Lipinski definition) is 2. The molecular formula is C21H16BCl2FN4O. The van der Waals surface area contributed by atoms with Gasteiger partial charge in [-0.25, -0.2) is 9.37 Å². The molecule has 0 aliphatic heterocycles. The molecule has 3 aromatic carbocycles. The van der Waals surface area contributed by atoms with Gasteiger partial charge in [-0.3, -0.25) is 4.79 Å². The number of halogens is 3. The van der Waals surface area contributed by atoms with E-state index < -0.39 is 5.82 Å². The van der Waals surface area contributed by atoms with Gasteiger partial charge in [0.2, 0.25) is 5.95 Å². The topological polar surface area (TPSA) is 59.0 Å². The lowest BCUT2D eigenvalue weighted by Gasteiger charge is -2.10. The number of nitrogens with zero attached hydrogens (tertiary/aromatic N) is 2. The number of imidazole rings is 1. The molecule has 30 heavy (non-hydrogen) atoms. The molecule has 0 spiro atoms. The Morgan fingerprint density at radius 2 is 1.73 bits per heavy atom. The molecule has 150 valence electrons. The third kappa shape index (κ3) is 3.99. The van der Waals surface area contributed by atoms with Crippen molar-refractivity contribution in [3.63, 3.8) is 0 Å². The van der Waals surface area contributed by atoms with Gasteiger partial charge in [0, 0.05) is 18.3 Å². The molecule has 0 aliphatic rings. The summed E-state index contributed by atoms with van der Waals surface area (Å²) in [6.45, 7) is 0. The number of benzene rings is 3. The largest absolute Gasteiger partial charge is 0.323 e. The lowest BCUT2D eigenvalue weighted by Crippen LogP contribution is -2.12. The van der Waals surface area contributed by atoms with E-state index in [0.29, 0.717) is 22.7 Å². The van der Waals surface area contributed by atoms with Crippen molar-refractivity contribution in [1.82, 2.24) is 9.55 Å². The van der Waals surface area contributed by atoms with Gasteiger partial charge in [-0.1, -0.05) is 40.8 Å². The molecule has 2 N–H and O–H groups in total. The molecule has 9 heteroatoms. The average molecular weight is 441 g/mol. The van der Waals surface area contributed by atoms with Crippen molar-refractivity contribution >= 4 is 70.8 Å². The Morgan fingerprint density at radius 3 is 2.40 bits per heavy atom. The Morgan fingerprint density at radius 1 is 1.07 bits per heavy atom. The van der Waals surface area contributed by atoms with Crippen LogP contribution in [0.1, 0.15) is 10.4 Å². The van der Waals surface area contributed by atoms with Crippen LogP contribution in [0.5, 0.6) is 0 Å². The summed E-state index contributed by atoms with van der Waals surface area (Å²) in [7, 11) is 3.80. The van der Waals surface area contributed by atoms with Gasteiger partial charge >= 0.3 is 0 Å². The highest BCUT2D eigenvalue weighted by atomic mass is 35.5. The van der Waals surface area contributed by atoms with Crippen molar-refractivity contribution < 1.29 is 9.18 Å². The number of carbonyl (C=O) groups excluding carboxylic acids is 1. The van der Waals surface area contributed by atoms with E-state index in [9.17, 15) is 9.18 Å². The third-order valence-corrected chi connectivity index (χ3v) is 5.29. The number of carbonyl (C=O) groups is 1. The van der Waals surface area contributed by atoms with Crippen LogP contribution in [0.4, 0.5) is 21.7 Å². The maximum Gasteiger partial charge on any atom is 0.255 e. The van der Waals surface area contributed by atoms with E-state index in [4.69, 9.17) is 23.2 Å². The highest BCUT2D eigenvalue weighted by Crippen LogP contribution is 2.34. The normalized spacial score (nSPS) is 10.9. The van der Waals surface area contributed by atoms with E-state index in [-0.39, 0.29) is 16.0 Å². The van der Waals surface area contributed by atoms with E-state index in [2.05, 4.69) is 15.6 Å². The van der Waals surface area contributed by atoms with Crippen molar-refractivity contribution in [3.05, 3.63) is 76.0 Å². The fourth-order valence-electron chi connectivity index (χ4n) is 3.07. The zero-order valence-electron chi connectivity index (χ0n) is 16.1. The Kier molecular flexibility index (Phi) is 5.41. The third-order valence-electron chi connectivity index (χ3n) is 4.70. The van der Waals surface area contributed by atoms with Crippen molar-refractivity contribution in [2.24, 2.45) is 7.05 Å². The summed E-state index contributed by atoms with van der Waals surface area (Å²) >= 11 is 12.2. The molecule has 0 atom stereocenters. The lowest BCUT2D eigenvalue weighted by molar-refractivity contribution is 0.102. The second-order valence-corrected chi connectivity index (χ2v) is 7.70. The van der Waals surface area contributed by atoms with Crippen molar-refractivity contribution in [1.29, 1.82) is 0 Å². The highest BCUT2D eigenvalue weighted by Gasteiger charge is 2.15. The molecule has 0 fully saturated rings. The minimum atomic E-state index is -0.523. The summed E-state index contributed by atoms with van der Waals surface area (Å²) in [5.41, 5.74) is 4.09. The first-order valence-electron chi connectivity index (χ1n) is 9.08. The number of nitrogens with one attached hydrogen (secondary N) is 2. The van der Waals surface area contributed by atoms with E-state index in [1.807, 2.05) is 45.2 Å². The van der Waals surface area contributed by atoms with E-state index >= 15 is 0 Å². The smallest absolute Gasteiger partial charge is 0.255 e. The van der Waals surface area contributed by atoms with Gasteiger partial charge in [-0.05, 0) is 42.5 Å². The number of aryl methyl sites for hydroxylation is 1. The highest BCUT2D eigenvalue weighted by molar-refractivity contribution is 6.39. The summed E-state index contributed by atoms with van der Waals surface area (Å²) < 4.78 is 15.2. The Labute approximate surface area is 183 Å². The predicted molar refractivity (Wildman–Crippen MR) is 123 cm³/mol. The predicted octanol–water partition coefficient (Wildman–Crippen LogP) is 4.27. The molecule has 4 aromatic rings. The van der Waals surface area contributed by atoms with Crippen LogP contribution in [0.3, 0.4) is 0 Å². The fourth-order valence-corrected chi connectivity index (χ4v) is 3.62. The summed E-state index contributed by atoms with van der Waals surface area (Å²) in [4.78, 5) is 17.1. The number of hydrogen-bond acceptors (Lipinski definition) is 3.